The maximum atomic E-state index is 8.65. The molecular formula is C15H32O2S2. The van der Waals surface area contributed by atoms with Gasteiger partial charge in [-0.3, -0.25) is 0 Å². The third-order valence-corrected chi connectivity index (χ3v) is 5.28. The van der Waals surface area contributed by atoms with E-state index < -0.39 is 0 Å². The highest BCUT2D eigenvalue weighted by Gasteiger charge is 1.94. The maximum Gasteiger partial charge on any atom is 0.0431 e. The molecule has 0 aromatic carbocycles. The molecule has 0 rings (SSSR count). The van der Waals surface area contributed by atoms with Gasteiger partial charge in [0.2, 0.25) is 0 Å². The predicted octanol–water partition coefficient (Wildman–Crippen LogP) is 3.95. The lowest BCUT2D eigenvalue weighted by Gasteiger charge is -2.03. The van der Waals surface area contributed by atoms with E-state index in [1.54, 1.807) is 0 Å². The van der Waals surface area contributed by atoms with Crippen molar-refractivity contribution in [1.29, 1.82) is 0 Å². The molecule has 0 aliphatic carbocycles. The van der Waals surface area contributed by atoms with Crippen molar-refractivity contribution in [3.05, 3.63) is 0 Å². The van der Waals surface area contributed by atoms with Crippen molar-refractivity contribution in [3.8, 4) is 0 Å². The summed E-state index contributed by atoms with van der Waals surface area (Å²) < 4.78 is 0. The van der Waals surface area contributed by atoms with E-state index in [-0.39, 0.29) is 0 Å². The van der Waals surface area contributed by atoms with Gasteiger partial charge >= 0.3 is 0 Å². The average Bonchev–Trinajstić information content (AvgIpc) is 2.43. The molecule has 19 heavy (non-hydrogen) atoms. The van der Waals surface area contributed by atoms with Crippen LogP contribution in [0.1, 0.15) is 57.8 Å². The average molecular weight is 309 g/mol. The van der Waals surface area contributed by atoms with Crippen molar-refractivity contribution in [3.63, 3.8) is 0 Å². The van der Waals surface area contributed by atoms with Crippen LogP contribution in [-0.4, -0.2) is 46.4 Å². The van der Waals surface area contributed by atoms with E-state index in [9.17, 15) is 0 Å². The minimum atomic E-state index is 0.350. The largest absolute Gasteiger partial charge is 0.396 e. The summed E-state index contributed by atoms with van der Waals surface area (Å²) in [5.41, 5.74) is 0. The Morgan fingerprint density at radius 3 is 1.05 bits per heavy atom. The molecular weight excluding hydrogens is 276 g/mol. The minimum Gasteiger partial charge on any atom is -0.396 e. The molecule has 0 aromatic rings. The first-order valence-corrected chi connectivity index (χ1v) is 10.1. The molecule has 2 N–H and O–H groups in total. The number of aliphatic hydroxyl groups is 2. The molecule has 0 saturated heterocycles. The molecule has 0 aliphatic heterocycles. The summed E-state index contributed by atoms with van der Waals surface area (Å²) in [5.74, 6) is 5.14. The highest BCUT2D eigenvalue weighted by atomic mass is 32.2. The van der Waals surface area contributed by atoms with E-state index in [0.29, 0.717) is 13.2 Å². The van der Waals surface area contributed by atoms with Gasteiger partial charge in [0.25, 0.3) is 0 Å². The van der Waals surface area contributed by atoms with E-state index in [2.05, 4.69) is 23.5 Å². The van der Waals surface area contributed by atoms with E-state index >= 15 is 0 Å². The van der Waals surface area contributed by atoms with Gasteiger partial charge in [0, 0.05) is 13.2 Å². The normalized spacial score (nSPS) is 11.1. The van der Waals surface area contributed by atoms with Crippen molar-refractivity contribution < 1.29 is 10.2 Å². The Bertz CT molecular complexity index is 141. The first kappa shape index (κ1) is 19.6. The summed E-state index contributed by atoms with van der Waals surface area (Å²) in [6.45, 7) is 0.699. The van der Waals surface area contributed by atoms with Crippen LogP contribution in [0.4, 0.5) is 0 Å². The Labute approximate surface area is 128 Å². The van der Waals surface area contributed by atoms with Gasteiger partial charge in [-0.15, -0.1) is 0 Å². The summed E-state index contributed by atoms with van der Waals surface area (Å²) in [6, 6.07) is 0. The van der Waals surface area contributed by atoms with Gasteiger partial charge < -0.3 is 10.2 Å². The third-order valence-electron chi connectivity index (χ3n) is 2.97. The number of unbranched alkanes of at least 4 members (excludes halogenated alkanes) is 6. The first-order chi connectivity index (χ1) is 9.41. The minimum absolute atomic E-state index is 0.350. The van der Waals surface area contributed by atoms with Gasteiger partial charge in [-0.1, -0.05) is 19.3 Å². The van der Waals surface area contributed by atoms with Crippen molar-refractivity contribution in [2.45, 2.75) is 57.8 Å². The molecule has 0 unspecified atom stereocenters. The molecule has 116 valence electrons. The summed E-state index contributed by atoms with van der Waals surface area (Å²) in [6.07, 6.45) is 10.9. The van der Waals surface area contributed by atoms with Crippen molar-refractivity contribution in [2.75, 3.05) is 36.2 Å². The maximum absolute atomic E-state index is 8.65. The lowest BCUT2D eigenvalue weighted by Crippen LogP contribution is -1.89. The quantitative estimate of drug-likeness (QED) is 0.424. The van der Waals surface area contributed by atoms with Crippen molar-refractivity contribution >= 4 is 23.5 Å². The highest BCUT2D eigenvalue weighted by molar-refractivity contribution is 7.99. The smallest absolute Gasteiger partial charge is 0.0431 e. The van der Waals surface area contributed by atoms with E-state index in [1.165, 1.54) is 68.0 Å². The van der Waals surface area contributed by atoms with Gasteiger partial charge in [0.15, 0.2) is 0 Å². The fourth-order valence-electron chi connectivity index (χ4n) is 1.77. The zero-order chi connectivity index (χ0) is 14.0. The Morgan fingerprint density at radius 2 is 0.737 bits per heavy atom. The summed E-state index contributed by atoms with van der Waals surface area (Å²) in [4.78, 5) is 0. The monoisotopic (exact) mass is 308 g/mol. The standard InChI is InChI=1S/C15H32O2S2/c16-10-4-1-6-12-18-14-8-3-9-15-19-13-7-2-5-11-17/h16-17H,1-15H2. The van der Waals surface area contributed by atoms with Crippen LogP contribution in [0.5, 0.6) is 0 Å². The summed E-state index contributed by atoms with van der Waals surface area (Å²) in [7, 11) is 0. The topological polar surface area (TPSA) is 40.5 Å². The zero-order valence-corrected chi connectivity index (χ0v) is 14.0. The number of thioether (sulfide) groups is 2. The fraction of sp³-hybridized carbons (Fsp3) is 1.00. The van der Waals surface area contributed by atoms with E-state index in [0.717, 1.165) is 12.8 Å². The molecule has 0 spiro atoms. The molecule has 0 bridgehead atoms. The Hall–Kier alpha value is 0.620. The van der Waals surface area contributed by atoms with Crippen molar-refractivity contribution in [1.82, 2.24) is 0 Å². The Morgan fingerprint density at radius 1 is 0.421 bits per heavy atom. The molecule has 0 saturated carbocycles. The second-order valence-electron chi connectivity index (χ2n) is 4.85. The molecule has 4 heteroatoms. The SMILES string of the molecule is OCCCCCSCCCCCSCCCCCO. The Balaban J connectivity index is 2.88. The summed E-state index contributed by atoms with van der Waals surface area (Å²) >= 11 is 4.14. The van der Waals surface area contributed by atoms with Crippen LogP contribution in [0.3, 0.4) is 0 Å². The van der Waals surface area contributed by atoms with E-state index in [4.69, 9.17) is 10.2 Å². The number of aliphatic hydroxyl groups excluding tert-OH is 2. The Kier molecular flexibility index (Phi) is 19.2. The first-order valence-electron chi connectivity index (χ1n) is 7.79. The second kappa shape index (κ2) is 18.6. The molecule has 0 heterocycles. The predicted molar refractivity (Wildman–Crippen MR) is 90.4 cm³/mol. The van der Waals surface area contributed by atoms with Gasteiger partial charge in [0.1, 0.15) is 0 Å². The number of rotatable bonds is 16. The molecule has 0 fully saturated rings. The lowest BCUT2D eigenvalue weighted by atomic mass is 10.3. The van der Waals surface area contributed by atoms with Gasteiger partial charge in [-0.2, -0.15) is 23.5 Å². The van der Waals surface area contributed by atoms with E-state index in [1.807, 2.05) is 0 Å². The van der Waals surface area contributed by atoms with Gasteiger partial charge in [-0.25, -0.2) is 0 Å². The van der Waals surface area contributed by atoms with Crippen LogP contribution in [0, 0.1) is 0 Å². The molecule has 0 aromatic heterocycles. The number of hydrogen-bond acceptors (Lipinski definition) is 4. The zero-order valence-electron chi connectivity index (χ0n) is 12.3. The molecule has 0 aliphatic rings. The molecule has 0 atom stereocenters. The third kappa shape index (κ3) is 18.6. The van der Waals surface area contributed by atoms with Crippen molar-refractivity contribution in [2.24, 2.45) is 0 Å². The van der Waals surface area contributed by atoms with Crippen LogP contribution < -0.4 is 0 Å². The molecule has 0 radical (unpaired) electrons. The van der Waals surface area contributed by atoms with Gasteiger partial charge in [0.05, 0.1) is 0 Å². The van der Waals surface area contributed by atoms with Crippen LogP contribution >= 0.6 is 23.5 Å². The van der Waals surface area contributed by atoms with Crippen LogP contribution in [0.15, 0.2) is 0 Å². The summed E-state index contributed by atoms with van der Waals surface area (Å²) in [5, 5.41) is 17.3. The lowest BCUT2D eigenvalue weighted by molar-refractivity contribution is 0.284. The molecule has 2 nitrogen and oxygen atoms in total. The van der Waals surface area contributed by atoms with Crippen LogP contribution in [0.2, 0.25) is 0 Å². The fourth-order valence-corrected chi connectivity index (χ4v) is 3.82. The number of hydrogen-bond donors (Lipinski definition) is 2. The highest BCUT2D eigenvalue weighted by Crippen LogP contribution is 2.13. The van der Waals surface area contributed by atoms with Crippen LogP contribution in [0.25, 0.3) is 0 Å². The second-order valence-corrected chi connectivity index (χ2v) is 7.30. The molecule has 0 amide bonds. The van der Waals surface area contributed by atoms with Gasteiger partial charge in [-0.05, 0) is 61.5 Å². The van der Waals surface area contributed by atoms with Crippen LogP contribution in [-0.2, 0) is 0 Å².